The van der Waals surface area contributed by atoms with Gasteiger partial charge in [0.05, 0.1) is 11.0 Å². The van der Waals surface area contributed by atoms with Crippen LogP contribution in [0.5, 0.6) is 0 Å². The van der Waals surface area contributed by atoms with E-state index in [-0.39, 0.29) is 17.9 Å². The van der Waals surface area contributed by atoms with Gasteiger partial charge in [0, 0.05) is 13.0 Å². The van der Waals surface area contributed by atoms with Crippen molar-refractivity contribution in [2.45, 2.75) is 17.4 Å². The van der Waals surface area contributed by atoms with Crippen LogP contribution in [0.2, 0.25) is 0 Å². The molecule has 0 spiro atoms. The molecule has 0 saturated carbocycles. The highest BCUT2D eigenvalue weighted by atomic mass is 32.2. The zero-order valence-electron chi connectivity index (χ0n) is 8.13. The van der Waals surface area contributed by atoms with Gasteiger partial charge in [-0.15, -0.1) is 0 Å². The molecule has 0 radical (unpaired) electrons. The molecule has 0 fully saturated rings. The van der Waals surface area contributed by atoms with Crippen molar-refractivity contribution in [2.24, 2.45) is 10.9 Å². The molecule has 0 bridgehead atoms. The summed E-state index contributed by atoms with van der Waals surface area (Å²) in [6.45, 7) is 0.0823. The highest BCUT2D eigenvalue weighted by molar-refractivity contribution is 7.89. The number of benzene rings is 1. The maximum Gasteiger partial charge on any atom is 0.238 e. The number of hydrogen-bond donors (Lipinski definition) is 3. The number of rotatable bonds is 4. The molecule has 1 aromatic carbocycles. The SMILES string of the molecule is NCC(O)Cc1ccccc1S(N)(=O)=O. The van der Waals surface area contributed by atoms with Crippen LogP contribution in [0.1, 0.15) is 5.56 Å². The number of nitrogens with two attached hydrogens (primary N) is 2. The van der Waals surface area contributed by atoms with E-state index in [1.165, 1.54) is 6.07 Å². The van der Waals surface area contributed by atoms with E-state index < -0.39 is 16.1 Å². The summed E-state index contributed by atoms with van der Waals surface area (Å²) in [4.78, 5) is 0.0394. The van der Waals surface area contributed by atoms with Gasteiger partial charge in [0.25, 0.3) is 0 Å². The van der Waals surface area contributed by atoms with E-state index in [0.717, 1.165) is 0 Å². The van der Waals surface area contributed by atoms with E-state index in [4.69, 9.17) is 10.9 Å². The Morgan fingerprint density at radius 1 is 1.33 bits per heavy atom. The second kappa shape index (κ2) is 4.71. The molecule has 5 N–H and O–H groups in total. The summed E-state index contributed by atoms with van der Waals surface area (Å²) in [5, 5.41) is 14.4. The summed E-state index contributed by atoms with van der Waals surface area (Å²) in [5.41, 5.74) is 5.73. The van der Waals surface area contributed by atoms with Crippen LogP contribution in [-0.2, 0) is 16.4 Å². The third-order valence-corrected chi connectivity index (χ3v) is 3.02. The average Bonchev–Trinajstić information content (AvgIpc) is 2.17. The minimum Gasteiger partial charge on any atom is -0.391 e. The van der Waals surface area contributed by atoms with Crippen LogP contribution in [0.15, 0.2) is 29.2 Å². The number of aliphatic hydroxyl groups is 1. The maximum absolute atomic E-state index is 11.2. The van der Waals surface area contributed by atoms with E-state index in [0.29, 0.717) is 5.56 Å². The zero-order chi connectivity index (χ0) is 11.5. The summed E-state index contributed by atoms with van der Waals surface area (Å²) < 4.78 is 22.4. The molecule has 1 unspecified atom stereocenters. The molecule has 1 aromatic rings. The van der Waals surface area contributed by atoms with Gasteiger partial charge in [-0.2, -0.15) is 0 Å². The number of aliphatic hydroxyl groups excluding tert-OH is 1. The zero-order valence-corrected chi connectivity index (χ0v) is 8.94. The van der Waals surface area contributed by atoms with Crippen LogP contribution < -0.4 is 10.9 Å². The molecule has 6 heteroatoms. The maximum atomic E-state index is 11.2. The molecule has 5 nitrogen and oxygen atoms in total. The second-order valence-electron chi connectivity index (χ2n) is 3.25. The van der Waals surface area contributed by atoms with Crippen LogP contribution in [0.4, 0.5) is 0 Å². The van der Waals surface area contributed by atoms with Crippen LogP contribution in [0.25, 0.3) is 0 Å². The molecular formula is C9H14N2O3S. The van der Waals surface area contributed by atoms with Crippen molar-refractivity contribution < 1.29 is 13.5 Å². The lowest BCUT2D eigenvalue weighted by Crippen LogP contribution is -2.24. The van der Waals surface area contributed by atoms with E-state index >= 15 is 0 Å². The number of hydrogen-bond acceptors (Lipinski definition) is 4. The summed E-state index contributed by atoms with van der Waals surface area (Å²) >= 11 is 0. The second-order valence-corrected chi connectivity index (χ2v) is 4.78. The fourth-order valence-electron chi connectivity index (χ4n) is 1.29. The summed E-state index contributed by atoms with van der Waals surface area (Å²) in [6.07, 6.45) is -0.573. The van der Waals surface area contributed by atoms with Gasteiger partial charge in [0.15, 0.2) is 0 Å². The third-order valence-electron chi connectivity index (χ3n) is 2.01. The van der Waals surface area contributed by atoms with Crippen molar-refractivity contribution >= 4 is 10.0 Å². The topological polar surface area (TPSA) is 106 Å². The fraction of sp³-hybridized carbons (Fsp3) is 0.333. The van der Waals surface area contributed by atoms with Crippen molar-refractivity contribution in [3.8, 4) is 0 Å². The van der Waals surface area contributed by atoms with Crippen molar-refractivity contribution in [2.75, 3.05) is 6.54 Å². The Labute approximate surface area is 88.8 Å². The average molecular weight is 230 g/mol. The Morgan fingerprint density at radius 2 is 1.93 bits per heavy atom. The Kier molecular flexibility index (Phi) is 3.81. The van der Waals surface area contributed by atoms with Gasteiger partial charge in [-0.3, -0.25) is 0 Å². The van der Waals surface area contributed by atoms with Crippen molar-refractivity contribution in [3.63, 3.8) is 0 Å². The highest BCUT2D eigenvalue weighted by Crippen LogP contribution is 2.15. The number of sulfonamides is 1. The fourth-order valence-corrected chi connectivity index (χ4v) is 2.07. The molecule has 1 atom stereocenters. The molecule has 0 amide bonds. The summed E-state index contributed by atoms with van der Waals surface area (Å²) in [5.74, 6) is 0. The molecule has 0 heterocycles. The van der Waals surface area contributed by atoms with Gasteiger partial charge in [-0.25, -0.2) is 13.6 Å². The summed E-state index contributed by atoms with van der Waals surface area (Å²) in [7, 11) is -3.74. The first-order chi connectivity index (χ1) is 6.95. The van der Waals surface area contributed by atoms with Gasteiger partial charge >= 0.3 is 0 Å². The van der Waals surface area contributed by atoms with Crippen molar-refractivity contribution in [3.05, 3.63) is 29.8 Å². The quantitative estimate of drug-likeness (QED) is 0.629. The Hall–Kier alpha value is -0.950. The first-order valence-corrected chi connectivity index (χ1v) is 5.98. The lowest BCUT2D eigenvalue weighted by molar-refractivity contribution is 0.182. The third kappa shape index (κ3) is 3.28. The monoisotopic (exact) mass is 230 g/mol. The standard InChI is InChI=1S/C9H14N2O3S/c10-6-8(12)5-7-3-1-2-4-9(7)15(11,13)14/h1-4,8,12H,5-6,10H2,(H2,11,13,14). The van der Waals surface area contributed by atoms with Gasteiger partial charge in [0.1, 0.15) is 0 Å². The normalized spacial score (nSPS) is 13.8. The van der Waals surface area contributed by atoms with Gasteiger partial charge in [0.2, 0.25) is 10.0 Å². The predicted molar refractivity (Wildman–Crippen MR) is 56.6 cm³/mol. The van der Waals surface area contributed by atoms with E-state index in [2.05, 4.69) is 0 Å². The minimum atomic E-state index is -3.74. The van der Waals surface area contributed by atoms with E-state index in [1.54, 1.807) is 18.2 Å². The van der Waals surface area contributed by atoms with Crippen molar-refractivity contribution in [1.29, 1.82) is 0 Å². The van der Waals surface area contributed by atoms with Crippen LogP contribution in [-0.4, -0.2) is 26.2 Å². The Morgan fingerprint density at radius 3 is 2.47 bits per heavy atom. The molecule has 0 aliphatic rings. The van der Waals surface area contributed by atoms with E-state index in [9.17, 15) is 13.5 Å². The minimum absolute atomic E-state index is 0.0394. The Bertz CT molecular complexity index is 431. The van der Waals surface area contributed by atoms with Gasteiger partial charge < -0.3 is 10.8 Å². The molecule has 0 aliphatic heterocycles. The first-order valence-electron chi connectivity index (χ1n) is 4.44. The highest BCUT2D eigenvalue weighted by Gasteiger charge is 2.14. The molecule has 1 rings (SSSR count). The van der Waals surface area contributed by atoms with Crippen molar-refractivity contribution in [1.82, 2.24) is 0 Å². The van der Waals surface area contributed by atoms with E-state index in [1.807, 2.05) is 0 Å². The lowest BCUT2D eigenvalue weighted by atomic mass is 10.1. The van der Waals surface area contributed by atoms with Crippen LogP contribution >= 0.6 is 0 Å². The molecular weight excluding hydrogens is 216 g/mol. The molecule has 0 aromatic heterocycles. The molecule has 0 aliphatic carbocycles. The lowest BCUT2D eigenvalue weighted by Gasteiger charge is -2.10. The van der Waals surface area contributed by atoms with Crippen LogP contribution in [0, 0.1) is 0 Å². The molecule has 84 valence electrons. The smallest absolute Gasteiger partial charge is 0.238 e. The molecule has 0 saturated heterocycles. The summed E-state index contributed by atoms with van der Waals surface area (Å²) in [6, 6.07) is 6.29. The van der Waals surface area contributed by atoms with Crippen LogP contribution in [0.3, 0.4) is 0 Å². The number of primary sulfonamides is 1. The largest absolute Gasteiger partial charge is 0.391 e. The first kappa shape index (κ1) is 12.1. The van der Waals surface area contributed by atoms with Gasteiger partial charge in [-0.05, 0) is 11.6 Å². The Balaban J connectivity index is 3.08. The molecule has 15 heavy (non-hydrogen) atoms. The van der Waals surface area contributed by atoms with Gasteiger partial charge in [-0.1, -0.05) is 18.2 Å². The predicted octanol–water partition coefficient (Wildman–Crippen LogP) is -0.804.